The molecule has 1 aromatic carbocycles. The van der Waals surface area contributed by atoms with Crippen molar-refractivity contribution in [2.45, 2.75) is 58.2 Å². The second-order valence-corrected chi connectivity index (χ2v) is 6.75. The van der Waals surface area contributed by atoms with Crippen LogP contribution in [0.4, 0.5) is 4.79 Å². The maximum Gasteiger partial charge on any atom is 0.408 e. The molecule has 1 rings (SSSR count). The Morgan fingerprint density at radius 3 is 2.19 bits per heavy atom. The summed E-state index contributed by atoms with van der Waals surface area (Å²) in [5.41, 5.74) is -2.56. The van der Waals surface area contributed by atoms with Gasteiger partial charge in [-0.25, -0.2) is 9.59 Å². The van der Waals surface area contributed by atoms with Crippen molar-refractivity contribution >= 4 is 12.1 Å². The first kappa shape index (κ1) is 21.4. The van der Waals surface area contributed by atoms with Gasteiger partial charge in [-0.1, -0.05) is 37.3 Å². The molecule has 144 valence electrons. The monoisotopic (exact) mass is 366 g/mol. The average molecular weight is 366 g/mol. The van der Waals surface area contributed by atoms with Crippen molar-refractivity contribution in [2.24, 2.45) is 0 Å². The summed E-state index contributed by atoms with van der Waals surface area (Å²) >= 11 is 0. The third kappa shape index (κ3) is 4.93. The van der Waals surface area contributed by atoms with E-state index in [1.807, 2.05) is 0 Å². The molecule has 0 aliphatic heterocycles. The predicted octanol–water partition coefficient (Wildman–Crippen LogP) is 3.24. The SMILES string of the molecule is CCOC(=O)[C@](CC)([C@@H](NC(=O)OC(C)(C)C)c1ccccc1)[N+](=O)[O-]. The van der Waals surface area contributed by atoms with Crippen LogP contribution in [0.1, 0.15) is 52.6 Å². The van der Waals surface area contributed by atoms with Gasteiger partial charge in [-0.05, 0) is 33.3 Å². The van der Waals surface area contributed by atoms with Gasteiger partial charge >= 0.3 is 17.6 Å². The summed E-state index contributed by atoms with van der Waals surface area (Å²) in [7, 11) is 0. The number of hydrogen-bond acceptors (Lipinski definition) is 6. The number of carbonyl (C=O) groups is 2. The van der Waals surface area contributed by atoms with Gasteiger partial charge in [0.25, 0.3) is 0 Å². The Labute approximate surface area is 153 Å². The number of nitrogens with one attached hydrogen (secondary N) is 1. The van der Waals surface area contributed by atoms with E-state index in [4.69, 9.17) is 9.47 Å². The number of rotatable bonds is 7. The molecule has 1 N–H and O–H groups in total. The third-order valence-electron chi connectivity index (χ3n) is 3.77. The lowest BCUT2D eigenvalue weighted by atomic mass is 9.83. The highest BCUT2D eigenvalue weighted by Gasteiger charge is 2.59. The van der Waals surface area contributed by atoms with Crippen molar-refractivity contribution in [3.05, 3.63) is 46.0 Å². The van der Waals surface area contributed by atoms with E-state index in [9.17, 15) is 19.7 Å². The molecule has 1 aromatic rings. The maximum atomic E-state index is 12.6. The standard InChI is InChI=1S/C18H26N2O6/c1-6-18(20(23)24,15(21)25-7-2)14(13-11-9-8-10-12-13)19-16(22)26-17(3,4)5/h8-12,14H,6-7H2,1-5H3,(H,19,22)/t14-,18-/m0/s1. The Morgan fingerprint density at radius 2 is 1.77 bits per heavy atom. The van der Waals surface area contributed by atoms with Crippen molar-refractivity contribution in [3.8, 4) is 0 Å². The second kappa shape index (κ2) is 8.64. The molecule has 8 nitrogen and oxygen atoms in total. The minimum atomic E-state index is -2.17. The van der Waals surface area contributed by atoms with Gasteiger partial charge < -0.3 is 14.8 Å². The maximum absolute atomic E-state index is 12.6. The van der Waals surface area contributed by atoms with Crippen LogP contribution in [0.2, 0.25) is 0 Å². The van der Waals surface area contributed by atoms with E-state index in [2.05, 4.69) is 5.32 Å². The number of ether oxygens (including phenoxy) is 2. The lowest BCUT2D eigenvalue weighted by Crippen LogP contribution is -2.57. The Balaban J connectivity index is 3.42. The molecule has 26 heavy (non-hydrogen) atoms. The van der Waals surface area contributed by atoms with Crippen LogP contribution in [-0.2, 0) is 14.3 Å². The zero-order chi connectivity index (χ0) is 20.0. The van der Waals surface area contributed by atoms with Crippen LogP contribution >= 0.6 is 0 Å². The van der Waals surface area contributed by atoms with Crippen molar-refractivity contribution < 1.29 is 24.0 Å². The van der Waals surface area contributed by atoms with Gasteiger partial charge in [0, 0.05) is 11.3 Å². The van der Waals surface area contributed by atoms with E-state index in [0.717, 1.165) is 0 Å². The number of hydrogen-bond donors (Lipinski definition) is 1. The molecular formula is C18H26N2O6. The number of carbonyl (C=O) groups excluding carboxylic acids is 2. The number of nitro groups is 1. The predicted molar refractivity (Wildman–Crippen MR) is 95.2 cm³/mol. The minimum absolute atomic E-state index is 0.0115. The average Bonchev–Trinajstić information content (AvgIpc) is 2.54. The van der Waals surface area contributed by atoms with Gasteiger partial charge in [-0.2, -0.15) is 0 Å². The Morgan fingerprint density at radius 1 is 1.19 bits per heavy atom. The molecule has 1 amide bonds. The summed E-state index contributed by atoms with van der Waals surface area (Å²) in [6.07, 6.45) is -1.02. The zero-order valence-electron chi connectivity index (χ0n) is 15.8. The van der Waals surface area contributed by atoms with E-state index >= 15 is 0 Å². The van der Waals surface area contributed by atoms with Gasteiger partial charge in [-0.15, -0.1) is 0 Å². The topological polar surface area (TPSA) is 108 Å². The molecule has 0 fully saturated rings. The fourth-order valence-corrected chi connectivity index (χ4v) is 2.58. The van der Waals surface area contributed by atoms with E-state index < -0.39 is 34.2 Å². The molecule has 0 spiro atoms. The van der Waals surface area contributed by atoms with E-state index in [0.29, 0.717) is 5.56 Å². The smallest absolute Gasteiger partial charge is 0.408 e. The second-order valence-electron chi connectivity index (χ2n) is 6.75. The molecule has 0 aliphatic rings. The van der Waals surface area contributed by atoms with E-state index in [1.165, 1.54) is 6.92 Å². The van der Waals surface area contributed by atoms with Gasteiger partial charge in [0.1, 0.15) is 11.6 Å². The fraction of sp³-hybridized carbons (Fsp3) is 0.556. The Kier molecular flexibility index (Phi) is 7.11. The molecule has 0 radical (unpaired) electrons. The Hall–Kier alpha value is -2.64. The van der Waals surface area contributed by atoms with Gasteiger partial charge in [0.05, 0.1) is 6.61 Å². The van der Waals surface area contributed by atoms with Crippen molar-refractivity contribution in [1.82, 2.24) is 5.32 Å². The molecule has 0 saturated carbocycles. The van der Waals surface area contributed by atoms with Crippen molar-refractivity contribution in [2.75, 3.05) is 6.61 Å². The third-order valence-corrected chi connectivity index (χ3v) is 3.77. The van der Waals surface area contributed by atoms with Crippen LogP contribution in [-0.4, -0.2) is 34.7 Å². The van der Waals surface area contributed by atoms with Crippen LogP contribution in [0.3, 0.4) is 0 Å². The summed E-state index contributed by atoms with van der Waals surface area (Å²) in [5, 5.41) is 14.5. The van der Waals surface area contributed by atoms with Gasteiger partial charge in [0.2, 0.25) is 0 Å². The Bertz CT molecular complexity index is 641. The first-order valence-corrected chi connectivity index (χ1v) is 8.44. The number of esters is 1. The van der Waals surface area contributed by atoms with E-state index in [-0.39, 0.29) is 13.0 Å². The number of alkyl carbamates (subject to hydrolysis) is 1. The highest BCUT2D eigenvalue weighted by molar-refractivity contribution is 5.82. The van der Waals surface area contributed by atoms with Crippen LogP contribution in [0, 0.1) is 10.1 Å². The summed E-state index contributed by atoms with van der Waals surface area (Å²) in [6, 6.07) is 7.04. The van der Waals surface area contributed by atoms with Crippen LogP contribution in [0.15, 0.2) is 30.3 Å². The summed E-state index contributed by atoms with van der Waals surface area (Å²) in [4.78, 5) is 36.1. The number of amides is 1. The minimum Gasteiger partial charge on any atom is -0.461 e. The summed E-state index contributed by atoms with van der Waals surface area (Å²) in [5.74, 6) is -1.00. The van der Waals surface area contributed by atoms with E-state index in [1.54, 1.807) is 58.0 Å². The quantitative estimate of drug-likeness (QED) is 0.451. The molecule has 0 aliphatic carbocycles. The van der Waals surface area contributed by atoms with Crippen molar-refractivity contribution in [1.29, 1.82) is 0 Å². The molecule has 2 atom stereocenters. The van der Waals surface area contributed by atoms with Crippen LogP contribution < -0.4 is 5.32 Å². The van der Waals surface area contributed by atoms with Gasteiger partial charge in [0.15, 0.2) is 0 Å². The lowest BCUT2D eigenvalue weighted by Gasteiger charge is -2.32. The summed E-state index contributed by atoms with van der Waals surface area (Å²) < 4.78 is 10.2. The molecule has 0 unspecified atom stereocenters. The summed E-state index contributed by atoms with van der Waals surface area (Å²) in [6.45, 7) is 8.09. The first-order chi connectivity index (χ1) is 12.1. The molecular weight excluding hydrogens is 340 g/mol. The van der Waals surface area contributed by atoms with Crippen molar-refractivity contribution in [3.63, 3.8) is 0 Å². The largest absolute Gasteiger partial charge is 0.461 e. The molecule has 0 aromatic heterocycles. The molecule has 0 bridgehead atoms. The molecule has 8 heteroatoms. The van der Waals surface area contributed by atoms with Gasteiger partial charge in [-0.3, -0.25) is 10.1 Å². The van der Waals surface area contributed by atoms with Crippen LogP contribution in [0.5, 0.6) is 0 Å². The lowest BCUT2D eigenvalue weighted by molar-refractivity contribution is -0.561. The highest BCUT2D eigenvalue weighted by atomic mass is 16.6. The highest BCUT2D eigenvalue weighted by Crippen LogP contribution is 2.34. The zero-order valence-corrected chi connectivity index (χ0v) is 15.8. The number of benzene rings is 1. The van der Waals surface area contributed by atoms with Crippen LogP contribution in [0.25, 0.3) is 0 Å². The first-order valence-electron chi connectivity index (χ1n) is 8.44. The number of nitrogens with zero attached hydrogens (tertiary/aromatic N) is 1. The normalized spacial score (nSPS) is 14.7. The fourth-order valence-electron chi connectivity index (χ4n) is 2.58. The molecule has 0 saturated heterocycles. The molecule has 0 heterocycles.